The van der Waals surface area contributed by atoms with Crippen LogP contribution in [-0.4, -0.2) is 20.5 Å². The number of fused-ring (bicyclic) bond motifs is 1. The van der Waals surface area contributed by atoms with Crippen LogP contribution in [0.5, 0.6) is 0 Å². The van der Waals surface area contributed by atoms with Gasteiger partial charge in [-0.15, -0.1) is 5.10 Å². The molecule has 0 bridgehead atoms. The van der Waals surface area contributed by atoms with Crippen molar-refractivity contribution in [3.8, 4) is 0 Å². The molecule has 0 spiro atoms. The number of carbonyl (C=O) groups is 1. The lowest BCUT2D eigenvalue weighted by atomic mass is 10.0. The number of Topliss-reactive ketones (excluding diaryl/α,β-unsaturated/α-hetero) is 1. The third-order valence-corrected chi connectivity index (χ3v) is 3.16. The maximum Gasteiger partial charge on any atom is 0.217 e. The van der Waals surface area contributed by atoms with Crippen LogP contribution in [0.1, 0.15) is 47.6 Å². The molecule has 0 radical (unpaired) electrons. The lowest BCUT2D eigenvalue weighted by Gasteiger charge is -2.11. The molecule has 0 aliphatic carbocycles. The SMILES string of the molecule is CC(=O)c1nc2n(n1)[C@H](c1ccccc1)C[C@@H]2F. The highest BCUT2D eigenvalue weighted by atomic mass is 19.1. The van der Waals surface area contributed by atoms with Crippen molar-refractivity contribution >= 4 is 5.78 Å². The highest BCUT2D eigenvalue weighted by molar-refractivity contribution is 5.90. The second-order valence-corrected chi connectivity index (χ2v) is 4.42. The molecule has 92 valence electrons. The molecule has 0 unspecified atom stereocenters. The Bertz CT molecular complexity index is 594. The van der Waals surface area contributed by atoms with Crippen molar-refractivity contribution in [2.75, 3.05) is 0 Å². The van der Waals surface area contributed by atoms with Crippen molar-refractivity contribution < 1.29 is 9.18 Å². The minimum absolute atomic E-state index is 0.0910. The van der Waals surface area contributed by atoms with E-state index in [1.165, 1.54) is 11.6 Å². The van der Waals surface area contributed by atoms with Crippen molar-refractivity contribution in [2.45, 2.75) is 25.6 Å². The average molecular weight is 245 g/mol. The predicted molar refractivity (Wildman–Crippen MR) is 63.1 cm³/mol. The van der Waals surface area contributed by atoms with Gasteiger partial charge in [-0.3, -0.25) is 4.79 Å². The Kier molecular flexibility index (Phi) is 2.47. The fraction of sp³-hybridized carbons (Fsp3) is 0.308. The van der Waals surface area contributed by atoms with E-state index in [0.717, 1.165) is 5.56 Å². The van der Waals surface area contributed by atoms with Crippen molar-refractivity contribution in [2.24, 2.45) is 0 Å². The van der Waals surface area contributed by atoms with Crippen LogP contribution in [0.2, 0.25) is 0 Å². The Morgan fingerprint density at radius 2 is 2.11 bits per heavy atom. The number of ketones is 1. The van der Waals surface area contributed by atoms with Gasteiger partial charge in [-0.1, -0.05) is 30.3 Å². The zero-order valence-electron chi connectivity index (χ0n) is 9.88. The van der Waals surface area contributed by atoms with Gasteiger partial charge in [0.05, 0.1) is 6.04 Å². The first-order valence-electron chi connectivity index (χ1n) is 5.83. The van der Waals surface area contributed by atoms with E-state index in [0.29, 0.717) is 6.42 Å². The summed E-state index contributed by atoms with van der Waals surface area (Å²) in [6, 6.07) is 9.42. The summed E-state index contributed by atoms with van der Waals surface area (Å²) < 4.78 is 15.4. The standard InChI is InChI=1S/C13H12FN3O/c1-8(18)12-15-13-10(14)7-11(17(13)16-12)9-5-3-2-4-6-9/h2-6,10-11H,7H2,1H3/t10-,11-/m0/s1. The Balaban J connectivity index is 2.05. The maximum absolute atomic E-state index is 13.9. The van der Waals surface area contributed by atoms with Gasteiger partial charge >= 0.3 is 0 Å². The van der Waals surface area contributed by atoms with Gasteiger partial charge in [0.1, 0.15) is 0 Å². The second-order valence-electron chi connectivity index (χ2n) is 4.42. The summed E-state index contributed by atoms with van der Waals surface area (Å²) in [5.41, 5.74) is 0.985. The van der Waals surface area contributed by atoms with Crippen molar-refractivity contribution in [1.29, 1.82) is 0 Å². The summed E-state index contributed by atoms with van der Waals surface area (Å²) in [4.78, 5) is 15.2. The Morgan fingerprint density at radius 3 is 2.78 bits per heavy atom. The van der Waals surface area contributed by atoms with E-state index in [2.05, 4.69) is 10.1 Å². The number of benzene rings is 1. The van der Waals surface area contributed by atoms with E-state index >= 15 is 0 Å². The summed E-state index contributed by atoms with van der Waals surface area (Å²) in [5.74, 6) is 0.109. The fourth-order valence-electron chi connectivity index (χ4n) is 2.28. The molecule has 2 heterocycles. The van der Waals surface area contributed by atoms with E-state index < -0.39 is 6.17 Å². The van der Waals surface area contributed by atoms with E-state index in [4.69, 9.17) is 0 Å². The molecule has 0 fully saturated rings. The second kappa shape index (κ2) is 4.01. The molecule has 0 amide bonds. The predicted octanol–water partition coefficient (Wildman–Crippen LogP) is 2.48. The highest BCUT2D eigenvalue weighted by Crippen LogP contribution is 2.39. The number of alkyl halides is 1. The molecule has 1 aliphatic heterocycles. The molecule has 0 saturated carbocycles. The molecular weight excluding hydrogens is 233 g/mol. The zero-order chi connectivity index (χ0) is 12.7. The van der Waals surface area contributed by atoms with Crippen LogP contribution in [0, 0.1) is 0 Å². The number of hydrogen-bond donors (Lipinski definition) is 0. The van der Waals surface area contributed by atoms with Crippen LogP contribution in [0.4, 0.5) is 4.39 Å². The highest BCUT2D eigenvalue weighted by Gasteiger charge is 2.35. The number of hydrogen-bond acceptors (Lipinski definition) is 3. The van der Waals surface area contributed by atoms with Gasteiger partial charge in [0.2, 0.25) is 5.82 Å². The summed E-state index contributed by atoms with van der Waals surface area (Å²) in [7, 11) is 0. The van der Waals surface area contributed by atoms with Gasteiger partial charge in [-0.05, 0) is 5.56 Å². The summed E-state index contributed by atoms with van der Waals surface area (Å²) in [6.07, 6.45) is -0.826. The fourth-order valence-corrected chi connectivity index (χ4v) is 2.28. The van der Waals surface area contributed by atoms with Crippen molar-refractivity contribution in [3.05, 3.63) is 47.5 Å². The van der Waals surface area contributed by atoms with Gasteiger partial charge in [-0.2, -0.15) is 0 Å². The quantitative estimate of drug-likeness (QED) is 0.764. The first-order valence-corrected chi connectivity index (χ1v) is 5.83. The largest absolute Gasteiger partial charge is 0.291 e. The van der Waals surface area contributed by atoms with Crippen LogP contribution in [-0.2, 0) is 0 Å². The third kappa shape index (κ3) is 1.63. The summed E-state index contributed by atoms with van der Waals surface area (Å²) in [5, 5.41) is 4.11. The van der Waals surface area contributed by atoms with E-state index in [1.54, 1.807) is 0 Å². The normalized spacial score (nSPS) is 21.9. The van der Waals surface area contributed by atoms with Gasteiger partial charge in [0, 0.05) is 13.3 Å². The average Bonchev–Trinajstić information content (AvgIpc) is 2.92. The van der Waals surface area contributed by atoms with Gasteiger partial charge in [0.15, 0.2) is 17.8 Å². The number of rotatable bonds is 2. The molecular formula is C13H12FN3O. The number of aromatic nitrogens is 3. The minimum atomic E-state index is -1.16. The van der Waals surface area contributed by atoms with E-state index in [-0.39, 0.29) is 23.5 Å². The number of halogens is 1. The molecule has 0 N–H and O–H groups in total. The van der Waals surface area contributed by atoms with Crippen LogP contribution in [0.25, 0.3) is 0 Å². The molecule has 4 nitrogen and oxygen atoms in total. The molecule has 1 aromatic heterocycles. The minimum Gasteiger partial charge on any atom is -0.291 e. The molecule has 0 saturated heterocycles. The van der Waals surface area contributed by atoms with Gasteiger partial charge in [-0.25, -0.2) is 14.1 Å². The zero-order valence-corrected chi connectivity index (χ0v) is 9.88. The number of carbonyl (C=O) groups excluding carboxylic acids is 1. The van der Waals surface area contributed by atoms with Crippen molar-refractivity contribution in [3.63, 3.8) is 0 Å². The van der Waals surface area contributed by atoms with Crippen LogP contribution in [0.15, 0.2) is 30.3 Å². The van der Waals surface area contributed by atoms with Crippen LogP contribution < -0.4 is 0 Å². The molecule has 1 aliphatic rings. The van der Waals surface area contributed by atoms with Gasteiger partial charge in [0.25, 0.3) is 0 Å². The topological polar surface area (TPSA) is 47.8 Å². The number of nitrogens with zero attached hydrogens (tertiary/aromatic N) is 3. The Labute approximate surface area is 103 Å². The van der Waals surface area contributed by atoms with E-state index in [9.17, 15) is 9.18 Å². The molecule has 5 heteroatoms. The lowest BCUT2D eigenvalue weighted by Crippen LogP contribution is -2.08. The summed E-state index contributed by atoms with van der Waals surface area (Å²) >= 11 is 0. The van der Waals surface area contributed by atoms with Gasteiger partial charge < -0.3 is 0 Å². The monoisotopic (exact) mass is 245 g/mol. The molecule has 18 heavy (non-hydrogen) atoms. The Morgan fingerprint density at radius 1 is 1.39 bits per heavy atom. The molecule has 2 atom stereocenters. The van der Waals surface area contributed by atoms with E-state index in [1.807, 2.05) is 30.3 Å². The van der Waals surface area contributed by atoms with Crippen LogP contribution in [0.3, 0.4) is 0 Å². The molecule has 1 aromatic carbocycles. The third-order valence-electron chi connectivity index (χ3n) is 3.16. The first-order chi connectivity index (χ1) is 8.66. The van der Waals surface area contributed by atoms with Crippen molar-refractivity contribution in [1.82, 2.24) is 14.8 Å². The Hall–Kier alpha value is -2.04. The summed E-state index contributed by atoms with van der Waals surface area (Å²) in [6.45, 7) is 1.38. The molecule has 2 aromatic rings. The maximum atomic E-state index is 13.9. The lowest BCUT2D eigenvalue weighted by molar-refractivity contribution is 0.100. The first kappa shape index (κ1) is 11.1. The smallest absolute Gasteiger partial charge is 0.217 e. The molecule has 3 rings (SSSR count). The van der Waals surface area contributed by atoms with Crippen LogP contribution >= 0.6 is 0 Å².